The van der Waals surface area contributed by atoms with Gasteiger partial charge in [0.25, 0.3) is 0 Å². The summed E-state index contributed by atoms with van der Waals surface area (Å²) in [6.45, 7) is 7.29. The topological polar surface area (TPSA) is 58.6 Å². The molecule has 0 aliphatic carbocycles. The SMILES string of the molecule is CCN(CC)C(=O)/C=C/C(C)OC(=O)NCc1ccccc1. The molecule has 1 rings (SSSR count). The number of likely N-dealkylation sites (N-methyl/N-ethyl adjacent to an activating group) is 1. The zero-order chi connectivity index (χ0) is 16.4. The van der Waals surface area contributed by atoms with Crippen LogP contribution >= 0.6 is 0 Å². The van der Waals surface area contributed by atoms with E-state index in [9.17, 15) is 9.59 Å². The van der Waals surface area contributed by atoms with E-state index in [0.717, 1.165) is 5.56 Å². The molecule has 0 heterocycles. The van der Waals surface area contributed by atoms with E-state index in [2.05, 4.69) is 5.32 Å². The van der Waals surface area contributed by atoms with Crippen LogP contribution in [0.4, 0.5) is 4.79 Å². The lowest BCUT2D eigenvalue weighted by molar-refractivity contribution is -0.125. The standard InChI is InChI=1S/C17H24N2O3/c1-4-19(5-2)16(20)12-11-14(3)22-17(21)18-13-15-9-7-6-8-10-15/h6-12,14H,4-5,13H2,1-3H3,(H,18,21)/b12-11+. The number of amides is 2. The monoisotopic (exact) mass is 304 g/mol. The number of alkyl carbamates (subject to hydrolysis) is 1. The molecule has 5 heteroatoms. The average molecular weight is 304 g/mol. The van der Waals surface area contributed by atoms with Crippen molar-refractivity contribution in [3.8, 4) is 0 Å². The molecule has 5 nitrogen and oxygen atoms in total. The van der Waals surface area contributed by atoms with Crippen LogP contribution in [0.1, 0.15) is 26.3 Å². The van der Waals surface area contributed by atoms with Crippen LogP contribution in [0.5, 0.6) is 0 Å². The van der Waals surface area contributed by atoms with Crippen LogP contribution in [0.25, 0.3) is 0 Å². The number of hydrogen-bond donors (Lipinski definition) is 1. The number of hydrogen-bond acceptors (Lipinski definition) is 3. The lowest BCUT2D eigenvalue weighted by Crippen LogP contribution is -2.29. The van der Waals surface area contributed by atoms with Crippen LogP contribution in [0.2, 0.25) is 0 Å². The van der Waals surface area contributed by atoms with Gasteiger partial charge in [-0.3, -0.25) is 4.79 Å². The minimum absolute atomic E-state index is 0.0786. The molecule has 0 saturated heterocycles. The van der Waals surface area contributed by atoms with E-state index in [0.29, 0.717) is 19.6 Å². The van der Waals surface area contributed by atoms with Crippen molar-refractivity contribution in [1.82, 2.24) is 10.2 Å². The highest BCUT2D eigenvalue weighted by molar-refractivity contribution is 5.87. The number of nitrogens with one attached hydrogen (secondary N) is 1. The molecular weight excluding hydrogens is 280 g/mol. The lowest BCUT2D eigenvalue weighted by atomic mass is 10.2. The molecule has 22 heavy (non-hydrogen) atoms. The Morgan fingerprint density at radius 2 is 1.86 bits per heavy atom. The lowest BCUT2D eigenvalue weighted by Gasteiger charge is -2.16. The summed E-state index contributed by atoms with van der Waals surface area (Å²) in [4.78, 5) is 25.1. The number of nitrogens with zero attached hydrogens (tertiary/aromatic N) is 1. The Morgan fingerprint density at radius 1 is 1.23 bits per heavy atom. The Kier molecular flexibility index (Phi) is 7.75. The number of carbonyl (C=O) groups excluding carboxylic acids is 2. The maximum absolute atomic E-state index is 11.8. The molecule has 120 valence electrons. The Bertz CT molecular complexity index is 496. The molecule has 0 radical (unpaired) electrons. The van der Waals surface area contributed by atoms with Crippen LogP contribution < -0.4 is 5.32 Å². The molecule has 1 unspecified atom stereocenters. The first-order chi connectivity index (χ1) is 10.6. The summed E-state index contributed by atoms with van der Waals surface area (Å²) in [6, 6.07) is 9.58. The van der Waals surface area contributed by atoms with E-state index >= 15 is 0 Å². The van der Waals surface area contributed by atoms with E-state index in [1.807, 2.05) is 44.2 Å². The van der Waals surface area contributed by atoms with Crippen molar-refractivity contribution in [3.63, 3.8) is 0 Å². The van der Waals surface area contributed by atoms with Crippen molar-refractivity contribution in [1.29, 1.82) is 0 Å². The fraction of sp³-hybridized carbons (Fsp3) is 0.412. The Hall–Kier alpha value is -2.30. The summed E-state index contributed by atoms with van der Waals surface area (Å²) in [6.07, 6.45) is 2.07. The van der Waals surface area contributed by atoms with Crippen molar-refractivity contribution in [2.75, 3.05) is 13.1 Å². The minimum atomic E-state index is -0.503. The zero-order valence-electron chi connectivity index (χ0n) is 13.4. The van der Waals surface area contributed by atoms with E-state index in [1.54, 1.807) is 17.9 Å². The molecule has 0 aromatic heterocycles. The third-order valence-corrected chi connectivity index (χ3v) is 3.16. The van der Waals surface area contributed by atoms with Gasteiger partial charge in [-0.1, -0.05) is 30.3 Å². The molecule has 0 aliphatic rings. The molecule has 1 aromatic carbocycles. The number of ether oxygens (including phenoxy) is 1. The highest BCUT2D eigenvalue weighted by Gasteiger charge is 2.09. The molecule has 0 aliphatic heterocycles. The Labute approximate surface area is 132 Å². The van der Waals surface area contributed by atoms with Crippen molar-refractivity contribution in [2.45, 2.75) is 33.4 Å². The van der Waals surface area contributed by atoms with E-state index in [1.165, 1.54) is 6.08 Å². The maximum atomic E-state index is 11.8. The molecule has 1 aromatic rings. The maximum Gasteiger partial charge on any atom is 0.407 e. The first kappa shape index (κ1) is 17.8. The van der Waals surface area contributed by atoms with Gasteiger partial charge in [-0.15, -0.1) is 0 Å². The number of rotatable bonds is 7. The second kappa shape index (κ2) is 9.60. The summed E-state index contributed by atoms with van der Waals surface area (Å²) in [5.74, 6) is -0.0786. The van der Waals surface area contributed by atoms with Crippen molar-refractivity contribution >= 4 is 12.0 Å². The number of benzene rings is 1. The van der Waals surface area contributed by atoms with Gasteiger partial charge >= 0.3 is 6.09 Å². The first-order valence-corrected chi connectivity index (χ1v) is 7.52. The van der Waals surface area contributed by atoms with Gasteiger partial charge in [-0.25, -0.2) is 4.79 Å². The molecule has 0 fully saturated rings. The summed E-state index contributed by atoms with van der Waals surface area (Å²) >= 11 is 0. The molecule has 1 atom stereocenters. The van der Waals surface area contributed by atoms with Crippen LogP contribution in [0.15, 0.2) is 42.5 Å². The quantitative estimate of drug-likeness (QED) is 0.788. The largest absolute Gasteiger partial charge is 0.442 e. The first-order valence-electron chi connectivity index (χ1n) is 7.52. The van der Waals surface area contributed by atoms with E-state index in [4.69, 9.17) is 4.74 Å². The molecule has 0 spiro atoms. The van der Waals surface area contributed by atoms with Crippen LogP contribution in [-0.4, -0.2) is 36.1 Å². The van der Waals surface area contributed by atoms with Gasteiger partial charge in [0.15, 0.2) is 0 Å². The Balaban J connectivity index is 2.36. The molecule has 0 saturated carbocycles. The van der Waals surface area contributed by atoms with Gasteiger partial charge < -0.3 is 15.0 Å². The predicted octanol–water partition coefficient (Wildman–Crippen LogP) is 2.73. The smallest absolute Gasteiger partial charge is 0.407 e. The molecule has 1 N–H and O–H groups in total. The summed E-state index contributed by atoms with van der Waals surface area (Å²) in [7, 11) is 0. The Morgan fingerprint density at radius 3 is 2.45 bits per heavy atom. The highest BCUT2D eigenvalue weighted by Crippen LogP contribution is 2.00. The third-order valence-electron chi connectivity index (χ3n) is 3.16. The highest BCUT2D eigenvalue weighted by atomic mass is 16.6. The van der Waals surface area contributed by atoms with Crippen LogP contribution in [0, 0.1) is 0 Å². The molecule has 0 bridgehead atoms. The van der Waals surface area contributed by atoms with Gasteiger partial charge in [0.1, 0.15) is 6.10 Å². The van der Waals surface area contributed by atoms with Gasteiger partial charge in [0.2, 0.25) is 5.91 Å². The van der Waals surface area contributed by atoms with Gasteiger partial charge in [-0.2, -0.15) is 0 Å². The predicted molar refractivity (Wildman–Crippen MR) is 86.3 cm³/mol. The van der Waals surface area contributed by atoms with Crippen LogP contribution in [-0.2, 0) is 16.1 Å². The fourth-order valence-corrected chi connectivity index (χ4v) is 1.88. The molecular formula is C17H24N2O3. The van der Waals surface area contributed by atoms with Crippen molar-refractivity contribution in [2.24, 2.45) is 0 Å². The van der Waals surface area contributed by atoms with Gasteiger partial charge in [0.05, 0.1) is 0 Å². The second-order valence-corrected chi connectivity index (χ2v) is 4.82. The zero-order valence-corrected chi connectivity index (χ0v) is 13.4. The van der Waals surface area contributed by atoms with Crippen molar-refractivity contribution in [3.05, 3.63) is 48.0 Å². The molecule has 2 amide bonds. The second-order valence-electron chi connectivity index (χ2n) is 4.82. The summed E-state index contributed by atoms with van der Waals surface area (Å²) < 4.78 is 5.16. The normalized spacial score (nSPS) is 12.0. The fourth-order valence-electron chi connectivity index (χ4n) is 1.88. The number of carbonyl (C=O) groups is 2. The van der Waals surface area contributed by atoms with E-state index in [-0.39, 0.29) is 5.91 Å². The summed E-state index contributed by atoms with van der Waals surface area (Å²) in [5, 5.41) is 2.67. The van der Waals surface area contributed by atoms with E-state index < -0.39 is 12.2 Å². The van der Waals surface area contributed by atoms with Crippen LogP contribution in [0.3, 0.4) is 0 Å². The third kappa shape index (κ3) is 6.43. The van der Waals surface area contributed by atoms with Gasteiger partial charge in [0, 0.05) is 25.7 Å². The van der Waals surface area contributed by atoms with Gasteiger partial charge in [-0.05, 0) is 32.4 Å². The minimum Gasteiger partial charge on any atom is -0.442 e. The average Bonchev–Trinajstić information content (AvgIpc) is 2.53. The van der Waals surface area contributed by atoms with Crippen molar-refractivity contribution < 1.29 is 14.3 Å². The summed E-state index contributed by atoms with van der Waals surface area (Å²) in [5.41, 5.74) is 0.999.